The third-order valence-electron chi connectivity index (χ3n) is 8.69. The minimum absolute atomic E-state index is 0.0422. The summed E-state index contributed by atoms with van der Waals surface area (Å²) in [6.07, 6.45) is 4.11. The second kappa shape index (κ2) is 27.3. The highest BCUT2D eigenvalue weighted by Crippen LogP contribution is 2.15. The fourth-order valence-corrected chi connectivity index (χ4v) is 5.26. The van der Waals surface area contributed by atoms with Gasteiger partial charge in [-0.2, -0.15) is 0 Å². The van der Waals surface area contributed by atoms with E-state index in [0.717, 1.165) is 31.9 Å². The number of rotatable bonds is 26. The number of methoxy groups -OCH3 is 1. The Kier molecular flexibility index (Phi) is 23.9. The lowest BCUT2D eigenvalue weighted by Crippen LogP contribution is -2.58. The van der Waals surface area contributed by atoms with Crippen molar-refractivity contribution in [2.45, 2.75) is 162 Å². The van der Waals surface area contributed by atoms with Crippen LogP contribution >= 0.6 is 0 Å². The molecule has 60 heavy (non-hydrogen) atoms. The number of alkyl carbamates (subject to hydrolysis) is 1. The predicted octanol–water partition coefficient (Wildman–Crippen LogP) is 4.63. The topological polar surface area (TPSA) is 231 Å². The fraction of sp³-hybridized carbons (Fsp3) is 0.628. The molecular formula is C43H66N4O13. The smallest absolute Gasteiger partial charge is 0.408 e. The lowest BCUT2D eigenvalue weighted by Gasteiger charge is -2.28. The van der Waals surface area contributed by atoms with E-state index in [1.54, 1.807) is 45.0 Å². The first-order valence-corrected chi connectivity index (χ1v) is 20.5. The summed E-state index contributed by atoms with van der Waals surface area (Å²) in [5, 5.41) is 10.1. The Bertz CT molecular complexity index is 1590. The van der Waals surface area contributed by atoms with Crippen LogP contribution in [-0.2, 0) is 63.9 Å². The summed E-state index contributed by atoms with van der Waals surface area (Å²) >= 11 is 0. The van der Waals surface area contributed by atoms with Crippen molar-refractivity contribution >= 4 is 47.7 Å². The van der Waals surface area contributed by atoms with Crippen molar-refractivity contribution in [3.8, 4) is 0 Å². The van der Waals surface area contributed by atoms with E-state index < -0.39 is 77.2 Å². The van der Waals surface area contributed by atoms with Gasteiger partial charge in [-0.1, -0.05) is 82.0 Å². The molecule has 4 N–H and O–H groups in total. The number of unbranched alkanes of at least 4 members (excludes halogenated alkanes) is 4. The molecule has 1 rings (SSSR count). The Morgan fingerprint density at radius 2 is 1.37 bits per heavy atom. The molecule has 336 valence electrons. The van der Waals surface area contributed by atoms with Crippen molar-refractivity contribution in [2.75, 3.05) is 13.7 Å². The standard InChI is InChI=1S/C43H66N4O13/c1-10-12-14-18-23-34(48)46-32(38(52)58-28-31-20-16-15-17-21-31)24-25-35(49)47-43(8,40(54)44-29(3)36(50)56-9)26-19-22-33(39(53)57-27-13-11-2)59-37(51)30(4)45-41(55)60-42(5,6)7/h15-17,19-21,26,29-30,32-33H,10-14,18,22-25,27-28H2,1-9H3,(H,44,54)(H,45,55)(H,46,48)(H,47,49)/b26-19+/t29-,30?,32-,33+,43+/m1/s1. The summed E-state index contributed by atoms with van der Waals surface area (Å²) in [6, 6.07) is 5.39. The average Bonchev–Trinajstić information content (AvgIpc) is 3.18. The van der Waals surface area contributed by atoms with Gasteiger partial charge in [0.25, 0.3) is 0 Å². The van der Waals surface area contributed by atoms with Gasteiger partial charge in [-0.25, -0.2) is 24.0 Å². The van der Waals surface area contributed by atoms with E-state index in [1.165, 1.54) is 32.9 Å². The van der Waals surface area contributed by atoms with Crippen LogP contribution in [0.4, 0.5) is 4.79 Å². The van der Waals surface area contributed by atoms with E-state index in [9.17, 15) is 38.4 Å². The maximum Gasteiger partial charge on any atom is 0.408 e. The van der Waals surface area contributed by atoms with Gasteiger partial charge in [0.2, 0.25) is 23.8 Å². The highest BCUT2D eigenvalue weighted by atomic mass is 16.6. The van der Waals surface area contributed by atoms with Crippen molar-refractivity contribution in [3.05, 3.63) is 48.0 Å². The van der Waals surface area contributed by atoms with Crippen LogP contribution in [0.3, 0.4) is 0 Å². The largest absolute Gasteiger partial charge is 0.467 e. The van der Waals surface area contributed by atoms with Crippen LogP contribution in [0.25, 0.3) is 0 Å². The zero-order chi connectivity index (χ0) is 45.3. The van der Waals surface area contributed by atoms with Crippen molar-refractivity contribution in [2.24, 2.45) is 0 Å². The molecule has 0 fully saturated rings. The van der Waals surface area contributed by atoms with Gasteiger partial charge in [0.05, 0.1) is 13.7 Å². The van der Waals surface area contributed by atoms with Gasteiger partial charge in [0, 0.05) is 19.3 Å². The Hall–Kier alpha value is -5.48. The quantitative estimate of drug-likeness (QED) is 0.0432. The highest BCUT2D eigenvalue weighted by Gasteiger charge is 2.36. The molecule has 5 atom stereocenters. The lowest BCUT2D eigenvalue weighted by atomic mass is 9.97. The number of hydrogen-bond acceptors (Lipinski definition) is 13. The van der Waals surface area contributed by atoms with Gasteiger partial charge < -0.3 is 45.0 Å². The molecule has 1 unspecified atom stereocenters. The van der Waals surface area contributed by atoms with E-state index in [2.05, 4.69) is 21.3 Å². The molecule has 0 saturated heterocycles. The van der Waals surface area contributed by atoms with Gasteiger partial charge in [0.15, 0.2) is 0 Å². The summed E-state index contributed by atoms with van der Waals surface area (Å²) < 4.78 is 26.1. The molecule has 0 aliphatic carbocycles. The van der Waals surface area contributed by atoms with E-state index in [1.807, 2.05) is 19.9 Å². The molecule has 4 amide bonds. The van der Waals surface area contributed by atoms with E-state index >= 15 is 0 Å². The Morgan fingerprint density at radius 1 is 0.717 bits per heavy atom. The Balaban J connectivity index is 3.31. The van der Waals surface area contributed by atoms with Gasteiger partial charge >= 0.3 is 30.0 Å². The third-order valence-corrected chi connectivity index (χ3v) is 8.69. The zero-order valence-corrected chi connectivity index (χ0v) is 36.6. The van der Waals surface area contributed by atoms with Crippen LogP contribution in [0.2, 0.25) is 0 Å². The normalized spacial score (nSPS) is 14.2. The number of carbonyl (C=O) groups is 8. The van der Waals surface area contributed by atoms with Crippen LogP contribution in [0.1, 0.15) is 125 Å². The minimum atomic E-state index is -1.89. The number of ether oxygens (including phenoxy) is 5. The molecule has 0 spiro atoms. The lowest BCUT2D eigenvalue weighted by molar-refractivity contribution is -0.168. The number of benzene rings is 1. The van der Waals surface area contributed by atoms with Crippen LogP contribution < -0.4 is 21.3 Å². The number of amides is 4. The first kappa shape index (κ1) is 52.5. The molecule has 0 radical (unpaired) electrons. The number of hydrogen-bond donors (Lipinski definition) is 4. The second-order valence-electron chi connectivity index (χ2n) is 15.5. The first-order valence-electron chi connectivity index (χ1n) is 20.5. The summed E-state index contributed by atoms with van der Waals surface area (Å²) in [5.74, 6) is -5.32. The van der Waals surface area contributed by atoms with Gasteiger partial charge in [-0.15, -0.1) is 0 Å². The maximum atomic E-state index is 13.7. The van der Waals surface area contributed by atoms with E-state index in [-0.39, 0.29) is 44.8 Å². The van der Waals surface area contributed by atoms with Crippen LogP contribution in [0.15, 0.2) is 42.5 Å². The molecule has 0 aliphatic heterocycles. The molecule has 0 bridgehead atoms. The number of carbonyl (C=O) groups excluding carboxylic acids is 8. The van der Waals surface area contributed by atoms with Crippen molar-refractivity contribution < 1.29 is 62.0 Å². The molecule has 1 aromatic rings. The number of nitrogens with one attached hydrogen (secondary N) is 4. The SMILES string of the molecule is CCCCCCC(=O)N[C@H](CCC(=O)N[C@@](C)(/C=C/C[C@H](OC(=O)C(C)NC(=O)OC(C)(C)C)C(=O)OCCCC)C(=O)N[C@H](C)C(=O)OC)C(=O)OCc1ccccc1. The minimum Gasteiger partial charge on any atom is -0.467 e. The zero-order valence-electron chi connectivity index (χ0n) is 36.6. The van der Waals surface area contributed by atoms with E-state index in [0.29, 0.717) is 19.3 Å². The van der Waals surface area contributed by atoms with Gasteiger partial charge in [0.1, 0.15) is 35.9 Å². The van der Waals surface area contributed by atoms with Crippen molar-refractivity contribution in [3.63, 3.8) is 0 Å². The summed E-state index contributed by atoms with van der Waals surface area (Å²) in [4.78, 5) is 104. The second-order valence-corrected chi connectivity index (χ2v) is 15.5. The maximum absolute atomic E-state index is 13.7. The van der Waals surface area contributed by atoms with E-state index in [4.69, 9.17) is 23.7 Å². The van der Waals surface area contributed by atoms with Crippen molar-refractivity contribution in [1.29, 1.82) is 0 Å². The van der Waals surface area contributed by atoms with Crippen LogP contribution in [0, 0.1) is 0 Å². The van der Waals surface area contributed by atoms with Crippen LogP contribution in [0.5, 0.6) is 0 Å². The predicted molar refractivity (Wildman–Crippen MR) is 221 cm³/mol. The molecule has 17 heteroatoms. The molecule has 1 aromatic carbocycles. The summed E-state index contributed by atoms with van der Waals surface area (Å²) in [5.41, 5.74) is -2.01. The molecular weight excluding hydrogens is 780 g/mol. The molecule has 0 saturated carbocycles. The van der Waals surface area contributed by atoms with Gasteiger partial charge in [-0.05, 0) is 66.4 Å². The Morgan fingerprint density at radius 3 is 1.98 bits per heavy atom. The molecule has 0 aliphatic rings. The Labute approximate surface area is 353 Å². The average molecular weight is 847 g/mol. The molecule has 0 heterocycles. The summed E-state index contributed by atoms with van der Waals surface area (Å²) in [7, 11) is 1.14. The van der Waals surface area contributed by atoms with Crippen LogP contribution in [-0.4, -0.2) is 96.8 Å². The summed E-state index contributed by atoms with van der Waals surface area (Å²) in [6.45, 7) is 12.9. The third kappa shape index (κ3) is 21.5. The fourth-order valence-electron chi connectivity index (χ4n) is 5.26. The first-order chi connectivity index (χ1) is 28.2. The van der Waals surface area contributed by atoms with Crippen molar-refractivity contribution in [1.82, 2.24) is 21.3 Å². The van der Waals surface area contributed by atoms with Gasteiger partial charge in [-0.3, -0.25) is 14.4 Å². The molecule has 0 aromatic heterocycles. The molecule has 17 nitrogen and oxygen atoms in total. The monoisotopic (exact) mass is 846 g/mol. The number of esters is 4. The highest BCUT2D eigenvalue weighted by molar-refractivity contribution is 5.95.